The van der Waals surface area contributed by atoms with Gasteiger partial charge in [-0.15, -0.1) is 0 Å². The van der Waals surface area contributed by atoms with Gasteiger partial charge in [-0.25, -0.2) is 4.39 Å². The third-order valence-corrected chi connectivity index (χ3v) is 4.11. The van der Waals surface area contributed by atoms with Crippen LogP contribution in [0.2, 0.25) is 0 Å². The van der Waals surface area contributed by atoms with Crippen LogP contribution in [0.1, 0.15) is 18.9 Å². The summed E-state index contributed by atoms with van der Waals surface area (Å²) in [5, 5.41) is 21.0. The number of fused-ring (bicyclic) bond motifs is 1. The zero-order chi connectivity index (χ0) is 15.3. The summed E-state index contributed by atoms with van der Waals surface area (Å²) >= 11 is 0. The number of halogens is 1. The number of carboxylic acid groups (broad SMARTS) is 1. The molecule has 0 unspecified atom stereocenters. The topological polar surface area (TPSA) is 80.7 Å². The van der Waals surface area contributed by atoms with Gasteiger partial charge in [-0.05, 0) is 36.6 Å². The molecule has 1 fully saturated rings. The number of hydrogen-bond donors (Lipinski definition) is 1. The Morgan fingerprint density at radius 1 is 1.41 bits per heavy atom. The molecule has 1 aromatic rings. The fourth-order valence-corrected chi connectivity index (χ4v) is 3.17. The van der Waals surface area contributed by atoms with Gasteiger partial charge in [-0.3, -0.25) is 4.79 Å². The van der Waals surface area contributed by atoms with E-state index in [1.165, 1.54) is 36.1 Å². The summed E-state index contributed by atoms with van der Waals surface area (Å²) < 4.78 is 13.0. The van der Waals surface area contributed by atoms with Crippen molar-refractivity contribution in [1.29, 1.82) is 0 Å². The first-order valence-electron chi connectivity index (χ1n) is 6.63. The van der Waals surface area contributed by atoms with Gasteiger partial charge in [0.1, 0.15) is 5.82 Å². The molecular weight excluding hydrogens is 300 g/mol. The number of carbonyl (C=O) groups is 2. The molecule has 1 amide bonds. The second-order valence-corrected chi connectivity index (χ2v) is 5.37. The third kappa shape index (κ3) is 2.50. The summed E-state index contributed by atoms with van der Waals surface area (Å²) in [6.45, 7) is 1.51. The fourth-order valence-electron chi connectivity index (χ4n) is 3.17. The normalized spacial score (nSPS) is 24.5. The third-order valence-electron chi connectivity index (χ3n) is 4.11. The molecular formula is C15H13FNNaO4. The molecule has 1 saturated heterocycles. The summed E-state index contributed by atoms with van der Waals surface area (Å²) in [6, 6.07) is 5.05. The van der Waals surface area contributed by atoms with Crippen LogP contribution in [0.5, 0.6) is 0 Å². The van der Waals surface area contributed by atoms with Crippen molar-refractivity contribution in [3.63, 3.8) is 0 Å². The SMILES string of the molecule is C[C@@H](O)[C@H]1C(=O)N2C(C(=O)[O-])=C(c3ccc(F)cc3)C[C@H]12.[Na+]. The van der Waals surface area contributed by atoms with E-state index in [-0.39, 0.29) is 41.3 Å². The Balaban J connectivity index is 0.00000176. The molecule has 5 nitrogen and oxygen atoms in total. The van der Waals surface area contributed by atoms with Crippen LogP contribution >= 0.6 is 0 Å². The Kier molecular flexibility index (Phi) is 4.77. The van der Waals surface area contributed by atoms with Gasteiger partial charge in [0.25, 0.3) is 0 Å². The van der Waals surface area contributed by atoms with E-state index in [1.807, 2.05) is 0 Å². The maximum Gasteiger partial charge on any atom is 1.00 e. The van der Waals surface area contributed by atoms with Crippen LogP contribution in [0.4, 0.5) is 4.39 Å². The average molecular weight is 313 g/mol. The van der Waals surface area contributed by atoms with Crippen molar-refractivity contribution < 1.29 is 53.7 Å². The monoisotopic (exact) mass is 313 g/mol. The zero-order valence-corrected chi connectivity index (χ0v) is 14.2. The molecule has 3 rings (SSSR count). The molecule has 0 radical (unpaired) electrons. The van der Waals surface area contributed by atoms with Gasteiger partial charge in [0, 0.05) is 0 Å². The predicted octanol–water partition coefficient (Wildman–Crippen LogP) is -3.10. The van der Waals surface area contributed by atoms with Crippen LogP contribution in [0.25, 0.3) is 5.57 Å². The van der Waals surface area contributed by atoms with E-state index in [4.69, 9.17) is 0 Å². The molecule has 2 aliphatic heterocycles. The number of β-lactam (4-membered cyclic amide) rings is 1. The van der Waals surface area contributed by atoms with Crippen molar-refractivity contribution in [2.75, 3.05) is 0 Å². The fraction of sp³-hybridized carbons (Fsp3) is 0.333. The van der Waals surface area contributed by atoms with Crippen molar-refractivity contribution >= 4 is 17.4 Å². The number of aliphatic carboxylic acids is 1. The van der Waals surface area contributed by atoms with Crippen molar-refractivity contribution in [2.24, 2.45) is 5.92 Å². The molecule has 0 bridgehead atoms. The molecule has 22 heavy (non-hydrogen) atoms. The molecule has 2 aliphatic rings. The first kappa shape index (κ1) is 17.1. The Labute approximate surface area is 148 Å². The van der Waals surface area contributed by atoms with Crippen molar-refractivity contribution in [3.8, 4) is 0 Å². The smallest absolute Gasteiger partial charge is 0.543 e. The number of aliphatic hydroxyl groups is 1. The van der Waals surface area contributed by atoms with Gasteiger partial charge >= 0.3 is 29.6 Å². The maximum absolute atomic E-state index is 13.0. The van der Waals surface area contributed by atoms with Gasteiger partial charge in [-0.2, -0.15) is 0 Å². The van der Waals surface area contributed by atoms with E-state index in [2.05, 4.69) is 0 Å². The number of hydrogen-bond acceptors (Lipinski definition) is 4. The summed E-state index contributed by atoms with van der Waals surface area (Å²) in [7, 11) is 0. The number of amides is 1. The van der Waals surface area contributed by atoms with Gasteiger partial charge in [0.2, 0.25) is 5.91 Å². The minimum atomic E-state index is -1.44. The maximum atomic E-state index is 13.0. The van der Waals surface area contributed by atoms with E-state index in [9.17, 15) is 24.2 Å². The number of rotatable bonds is 3. The second-order valence-electron chi connectivity index (χ2n) is 5.37. The van der Waals surface area contributed by atoms with Gasteiger partial charge in [-0.1, -0.05) is 12.1 Å². The van der Waals surface area contributed by atoms with Crippen molar-refractivity contribution in [1.82, 2.24) is 4.90 Å². The van der Waals surface area contributed by atoms with Crippen molar-refractivity contribution in [3.05, 3.63) is 41.3 Å². The number of carboxylic acids is 1. The van der Waals surface area contributed by atoms with E-state index in [0.29, 0.717) is 17.6 Å². The minimum absolute atomic E-state index is 0. The van der Waals surface area contributed by atoms with Crippen LogP contribution in [0.3, 0.4) is 0 Å². The largest absolute Gasteiger partial charge is 1.00 e. The molecule has 0 aliphatic carbocycles. The summed E-state index contributed by atoms with van der Waals surface area (Å²) in [5.41, 5.74) is 0.812. The Bertz CT molecular complexity index is 656. The van der Waals surface area contributed by atoms with E-state index in [1.54, 1.807) is 0 Å². The molecule has 0 spiro atoms. The molecule has 2 heterocycles. The molecule has 3 atom stereocenters. The summed E-state index contributed by atoms with van der Waals surface area (Å²) in [5.74, 6) is -2.87. The number of carbonyl (C=O) groups excluding carboxylic acids is 2. The molecule has 110 valence electrons. The van der Waals surface area contributed by atoms with Crippen molar-refractivity contribution in [2.45, 2.75) is 25.5 Å². The van der Waals surface area contributed by atoms with Crippen LogP contribution in [-0.2, 0) is 9.59 Å². The first-order chi connectivity index (χ1) is 9.91. The molecule has 1 aromatic carbocycles. The quantitative estimate of drug-likeness (QED) is 0.474. The van der Waals surface area contributed by atoms with Crippen LogP contribution in [-0.4, -0.2) is 34.0 Å². The summed E-state index contributed by atoms with van der Waals surface area (Å²) in [6.07, 6.45) is -0.523. The van der Waals surface area contributed by atoms with E-state index < -0.39 is 29.7 Å². The predicted molar refractivity (Wildman–Crippen MR) is 68.7 cm³/mol. The molecule has 0 saturated carbocycles. The van der Waals surface area contributed by atoms with Gasteiger partial charge in [0.15, 0.2) is 0 Å². The van der Waals surface area contributed by atoms with Crippen LogP contribution < -0.4 is 34.7 Å². The van der Waals surface area contributed by atoms with Gasteiger partial charge in [0.05, 0.1) is 29.7 Å². The number of nitrogens with zero attached hydrogens (tertiary/aromatic N) is 1. The number of benzene rings is 1. The Morgan fingerprint density at radius 3 is 2.50 bits per heavy atom. The number of aliphatic hydroxyl groups excluding tert-OH is 1. The van der Waals surface area contributed by atoms with E-state index >= 15 is 0 Å². The van der Waals surface area contributed by atoms with Crippen LogP contribution in [0, 0.1) is 11.7 Å². The zero-order valence-electron chi connectivity index (χ0n) is 12.2. The standard InChI is InChI=1S/C15H14FNO4.Na/c1-7(18)12-11-6-10(8-2-4-9(16)5-3-8)13(15(20)21)17(11)14(12)19;/h2-5,7,11-12,18H,6H2,1H3,(H,20,21);/q;+1/p-1/t7-,11-,12-;/m1./s1. The summed E-state index contributed by atoms with van der Waals surface area (Å²) in [4.78, 5) is 24.5. The Morgan fingerprint density at radius 2 is 2.00 bits per heavy atom. The van der Waals surface area contributed by atoms with E-state index in [0.717, 1.165) is 0 Å². The van der Waals surface area contributed by atoms with Crippen LogP contribution in [0.15, 0.2) is 30.0 Å². The minimum Gasteiger partial charge on any atom is -0.543 e. The average Bonchev–Trinajstić information content (AvgIpc) is 2.74. The van der Waals surface area contributed by atoms with Gasteiger partial charge < -0.3 is 19.9 Å². The Hall–Kier alpha value is -1.21. The molecule has 0 aromatic heterocycles. The molecule has 7 heteroatoms. The second kappa shape index (κ2) is 6.12. The molecule has 1 N–H and O–H groups in total. The first-order valence-corrected chi connectivity index (χ1v) is 6.63.